The predicted octanol–water partition coefficient (Wildman–Crippen LogP) is 3.52. The first-order chi connectivity index (χ1) is 13.1. The Morgan fingerprint density at radius 3 is 2.04 bits per heavy atom. The van der Waals surface area contributed by atoms with Crippen molar-refractivity contribution in [3.05, 3.63) is 47.0 Å². The van der Waals surface area contributed by atoms with Crippen LogP contribution < -0.4 is 19.1 Å². The molecule has 0 radical (unpaired) electrons. The maximum Gasteiger partial charge on any atom is 0.164 e. The highest BCUT2D eigenvalue weighted by molar-refractivity contribution is 6.30. The lowest BCUT2D eigenvalue weighted by molar-refractivity contribution is 0.272. The van der Waals surface area contributed by atoms with Gasteiger partial charge in [0.1, 0.15) is 5.75 Å². The SMILES string of the molecule is COc1cc(OC)c(OC)cc1/C=N/N1CCN(c2ccc(Cl)cc2)CC1. The quantitative estimate of drug-likeness (QED) is 0.707. The summed E-state index contributed by atoms with van der Waals surface area (Å²) < 4.78 is 16.1. The van der Waals surface area contributed by atoms with E-state index in [1.54, 1.807) is 33.6 Å². The van der Waals surface area contributed by atoms with E-state index in [1.165, 1.54) is 5.69 Å². The van der Waals surface area contributed by atoms with Gasteiger partial charge in [-0.3, -0.25) is 5.01 Å². The second kappa shape index (κ2) is 8.86. The Bertz CT molecular complexity index is 788. The summed E-state index contributed by atoms with van der Waals surface area (Å²) in [6.07, 6.45) is 1.80. The molecule has 0 amide bonds. The number of nitrogens with zero attached hydrogens (tertiary/aromatic N) is 3. The summed E-state index contributed by atoms with van der Waals surface area (Å²) in [6.45, 7) is 3.49. The summed E-state index contributed by atoms with van der Waals surface area (Å²) in [5.41, 5.74) is 2.03. The van der Waals surface area contributed by atoms with Crippen LogP contribution in [0.25, 0.3) is 0 Å². The number of methoxy groups -OCH3 is 3. The molecule has 1 heterocycles. The normalized spacial score (nSPS) is 14.5. The van der Waals surface area contributed by atoms with Crippen molar-refractivity contribution in [1.29, 1.82) is 0 Å². The van der Waals surface area contributed by atoms with Crippen molar-refractivity contribution in [3.63, 3.8) is 0 Å². The van der Waals surface area contributed by atoms with E-state index in [1.807, 2.05) is 18.2 Å². The largest absolute Gasteiger partial charge is 0.496 e. The first kappa shape index (κ1) is 19.2. The molecule has 27 heavy (non-hydrogen) atoms. The van der Waals surface area contributed by atoms with Crippen LogP contribution in [0.5, 0.6) is 17.2 Å². The minimum absolute atomic E-state index is 0.628. The van der Waals surface area contributed by atoms with Crippen molar-refractivity contribution in [3.8, 4) is 17.2 Å². The van der Waals surface area contributed by atoms with Crippen LogP contribution in [-0.2, 0) is 0 Å². The van der Waals surface area contributed by atoms with Gasteiger partial charge < -0.3 is 19.1 Å². The van der Waals surface area contributed by atoms with Gasteiger partial charge in [-0.25, -0.2) is 0 Å². The lowest BCUT2D eigenvalue weighted by Crippen LogP contribution is -2.44. The van der Waals surface area contributed by atoms with E-state index in [0.29, 0.717) is 17.2 Å². The second-order valence-electron chi connectivity index (χ2n) is 6.11. The molecule has 0 saturated carbocycles. The van der Waals surface area contributed by atoms with Crippen LogP contribution in [0.4, 0.5) is 5.69 Å². The summed E-state index contributed by atoms with van der Waals surface area (Å²) in [4.78, 5) is 2.33. The number of ether oxygens (including phenoxy) is 3. The molecule has 6 nitrogen and oxygen atoms in total. The number of rotatable bonds is 6. The number of hydrogen-bond donors (Lipinski definition) is 0. The van der Waals surface area contributed by atoms with Crippen molar-refractivity contribution < 1.29 is 14.2 Å². The molecule has 0 atom stereocenters. The minimum Gasteiger partial charge on any atom is -0.496 e. The third-order valence-corrected chi connectivity index (χ3v) is 4.80. The maximum atomic E-state index is 5.97. The minimum atomic E-state index is 0.628. The number of benzene rings is 2. The average Bonchev–Trinajstić information content (AvgIpc) is 2.72. The zero-order chi connectivity index (χ0) is 19.2. The lowest BCUT2D eigenvalue weighted by Gasteiger charge is -2.34. The first-order valence-electron chi connectivity index (χ1n) is 8.74. The molecule has 1 aliphatic heterocycles. The molecular formula is C20H24ClN3O3. The summed E-state index contributed by atoms with van der Waals surface area (Å²) in [5.74, 6) is 1.96. The van der Waals surface area contributed by atoms with Gasteiger partial charge >= 0.3 is 0 Å². The smallest absolute Gasteiger partial charge is 0.164 e. The van der Waals surface area contributed by atoms with E-state index >= 15 is 0 Å². The molecule has 2 aromatic carbocycles. The molecule has 0 N–H and O–H groups in total. The van der Waals surface area contributed by atoms with E-state index in [0.717, 1.165) is 36.8 Å². The highest BCUT2D eigenvalue weighted by atomic mass is 35.5. The van der Waals surface area contributed by atoms with Gasteiger partial charge in [0.25, 0.3) is 0 Å². The van der Waals surface area contributed by atoms with Crippen molar-refractivity contribution in [2.45, 2.75) is 0 Å². The number of piperazine rings is 1. The van der Waals surface area contributed by atoms with Crippen LogP contribution in [0, 0.1) is 0 Å². The molecule has 0 aromatic heterocycles. The van der Waals surface area contributed by atoms with E-state index in [9.17, 15) is 0 Å². The number of anilines is 1. The van der Waals surface area contributed by atoms with Crippen molar-refractivity contribution >= 4 is 23.5 Å². The van der Waals surface area contributed by atoms with Gasteiger partial charge in [0.05, 0.1) is 40.6 Å². The summed E-state index contributed by atoms with van der Waals surface area (Å²) in [5, 5.41) is 7.43. The second-order valence-corrected chi connectivity index (χ2v) is 6.55. The maximum absolute atomic E-state index is 5.97. The Morgan fingerprint density at radius 2 is 1.44 bits per heavy atom. The Labute approximate surface area is 164 Å². The van der Waals surface area contributed by atoms with Crippen molar-refractivity contribution in [1.82, 2.24) is 5.01 Å². The molecule has 0 bridgehead atoms. The van der Waals surface area contributed by atoms with Crippen LogP contribution in [-0.4, -0.2) is 58.7 Å². The van der Waals surface area contributed by atoms with Crippen LogP contribution in [0.2, 0.25) is 5.02 Å². The van der Waals surface area contributed by atoms with Gasteiger partial charge in [0, 0.05) is 35.4 Å². The molecule has 3 rings (SSSR count). The number of halogens is 1. The fraction of sp³-hybridized carbons (Fsp3) is 0.350. The molecule has 2 aromatic rings. The lowest BCUT2D eigenvalue weighted by atomic mass is 10.2. The van der Waals surface area contributed by atoms with Gasteiger partial charge in [-0.15, -0.1) is 0 Å². The zero-order valence-corrected chi connectivity index (χ0v) is 16.6. The predicted molar refractivity (Wildman–Crippen MR) is 109 cm³/mol. The van der Waals surface area contributed by atoms with Gasteiger partial charge in [-0.1, -0.05) is 11.6 Å². The van der Waals surface area contributed by atoms with Gasteiger partial charge in [-0.05, 0) is 30.3 Å². The van der Waals surface area contributed by atoms with Crippen LogP contribution >= 0.6 is 11.6 Å². The first-order valence-corrected chi connectivity index (χ1v) is 9.12. The van der Waals surface area contributed by atoms with Gasteiger partial charge in [0.2, 0.25) is 0 Å². The van der Waals surface area contributed by atoms with Crippen molar-refractivity contribution in [2.24, 2.45) is 5.10 Å². The molecule has 1 aliphatic rings. The average molecular weight is 390 g/mol. The van der Waals surface area contributed by atoms with Gasteiger partial charge in [-0.2, -0.15) is 5.10 Å². The number of hydrazone groups is 1. The molecule has 144 valence electrons. The van der Waals surface area contributed by atoms with Crippen LogP contribution in [0.15, 0.2) is 41.5 Å². The Kier molecular flexibility index (Phi) is 6.29. The standard InChI is InChI=1S/C20H24ClN3O3/c1-25-18-13-20(27-3)19(26-2)12-15(18)14-22-24-10-8-23(9-11-24)17-6-4-16(21)5-7-17/h4-7,12-14H,8-11H2,1-3H3/b22-14+. The van der Waals surface area contributed by atoms with E-state index < -0.39 is 0 Å². The summed E-state index contributed by atoms with van der Waals surface area (Å²) in [7, 11) is 4.84. The fourth-order valence-electron chi connectivity index (χ4n) is 3.02. The Hall–Kier alpha value is -2.60. The van der Waals surface area contributed by atoms with Crippen LogP contribution in [0.3, 0.4) is 0 Å². The molecule has 0 unspecified atom stereocenters. The molecule has 0 aliphatic carbocycles. The topological polar surface area (TPSA) is 46.5 Å². The van der Waals surface area contributed by atoms with Crippen LogP contribution in [0.1, 0.15) is 5.56 Å². The Balaban J connectivity index is 1.66. The molecule has 1 saturated heterocycles. The van der Waals surface area contributed by atoms with Gasteiger partial charge in [0.15, 0.2) is 11.5 Å². The third-order valence-electron chi connectivity index (χ3n) is 4.54. The third kappa shape index (κ3) is 4.57. The zero-order valence-electron chi connectivity index (χ0n) is 15.8. The highest BCUT2D eigenvalue weighted by Crippen LogP contribution is 2.33. The summed E-state index contributed by atoms with van der Waals surface area (Å²) in [6, 6.07) is 11.6. The number of hydrogen-bond acceptors (Lipinski definition) is 6. The highest BCUT2D eigenvalue weighted by Gasteiger charge is 2.16. The van der Waals surface area contributed by atoms with E-state index in [2.05, 4.69) is 27.1 Å². The molecule has 7 heteroatoms. The fourth-order valence-corrected chi connectivity index (χ4v) is 3.15. The molecule has 0 spiro atoms. The Morgan fingerprint density at radius 1 is 0.852 bits per heavy atom. The molecular weight excluding hydrogens is 366 g/mol. The monoisotopic (exact) mass is 389 g/mol. The molecule has 1 fully saturated rings. The summed E-state index contributed by atoms with van der Waals surface area (Å²) >= 11 is 5.97. The van der Waals surface area contributed by atoms with E-state index in [4.69, 9.17) is 25.8 Å². The van der Waals surface area contributed by atoms with E-state index in [-0.39, 0.29) is 0 Å². The van der Waals surface area contributed by atoms with Crippen molar-refractivity contribution in [2.75, 3.05) is 52.4 Å².